The van der Waals surface area contributed by atoms with E-state index in [0.29, 0.717) is 32.7 Å². The van der Waals surface area contributed by atoms with Crippen LogP contribution in [0.25, 0.3) is 0 Å². The van der Waals surface area contributed by atoms with Gasteiger partial charge in [-0.3, -0.25) is 9.59 Å². The Bertz CT molecular complexity index is 842. The second-order valence-electron chi connectivity index (χ2n) is 6.49. The fourth-order valence-corrected chi connectivity index (χ4v) is 3.39. The Morgan fingerprint density at radius 1 is 1.04 bits per heavy atom. The summed E-state index contributed by atoms with van der Waals surface area (Å²) in [5.41, 5.74) is 1.43. The first-order valence-electron chi connectivity index (χ1n) is 9.08. The van der Waals surface area contributed by atoms with Gasteiger partial charge in [-0.2, -0.15) is 0 Å². The van der Waals surface area contributed by atoms with Gasteiger partial charge in [0.05, 0.1) is 6.42 Å². The molecule has 0 spiro atoms. The number of carbonyl (C=O) groups excluding carboxylic acids is 2. The van der Waals surface area contributed by atoms with Crippen molar-refractivity contribution in [3.63, 3.8) is 0 Å². The maximum absolute atomic E-state index is 13.1. The van der Waals surface area contributed by atoms with Gasteiger partial charge in [-0.1, -0.05) is 66.0 Å². The topological polar surface area (TPSA) is 49.4 Å². The molecule has 28 heavy (non-hydrogen) atoms. The number of nitrogens with one attached hydrogen (secondary N) is 1. The number of nitrogens with zero attached hydrogens (tertiary/aromatic N) is 1. The lowest BCUT2D eigenvalue weighted by atomic mass is 10.1. The van der Waals surface area contributed by atoms with Crippen LogP contribution in [-0.4, -0.2) is 29.3 Å². The third-order valence-electron chi connectivity index (χ3n) is 4.37. The second kappa shape index (κ2) is 10.7. The van der Waals surface area contributed by atoms with Crippen molar-refractivity contribution in [2.24, 2.45) is 0 Å². The Kier molecular flexibility index (Phi) is 8.61. The van der Waals surface area contributed by atoms with Crippen molar-refractivity contribution in [3.05, 3.63) is 68.7 Å². The van der Waals surface area contributed by atoms with E-state index in [4.69, 9.17) is 34.8 Å². The van der Waals surface area contributed by atoms with Crippen LogP contribution >= 0.6 is 34.8 Å². The van der Waals surface area contributed by atoms with E-state index < -0.39 is 6.04 Å². The summed E-state index contributed by atoms with van der Waals surface area (Å²) < 4.78 is 0. The summed E-state index contributed by atoms with van der Waals surface area (Å²) in [4.78, 5) is 27.1. The highest BCUT2D eigenvalue weighted by atomic mass is 35.5. The molecular weight excluding hydrogens is 419 g/mol. The van der Waals surface area contributed by atoms with Gasteiger partial charge < -0.3 is 10.2 Å². The molecule has 2 amide bonds. The molecule has 0 unspecified atom stereocenters. The summed E-state index contributed by atoms with van der Waals surface area (Å²) in [5.74, 6) is -0.419. The molecule has 0 fully saturated rings. The molecular formula is C21H23Cl3N2O2. The van der Waals surface area contributed by atoms with Crippen LogP contribution in [0, 0.1) is 0 Å². The molecule has 2 aromatic rings. The average Bonchev–Trinajstić information content (AvgIpc) is 2.66. The van der Waals surface area contributed by atoms with Gasteiger partial charge in [0.2, 0.25) is 11.8 Å². The molecule has 0 aromatic heterocycles. The largest absolute Gasteiger partial charge is 0.354 e. The SMILES string of the molecule is CCCNC(=O)[C@@H](C)N(Cc1ccc(Cl)cc1Cl)C(=O)Cc1ccccc1Cl. The molecule has 1 N–H and O–H groups in total. The van der Waals surface area contributed by atoms with Crippen molar-refractivity contribution in [1.82, 2.24) is 10.2 Å². The zero-order valence-electron chi connectivity index (χ0n) is 15.8. The van der Waals surface area contributed by atoms with Gasteiger partial charge in [0.25, 0.3) is 0 Å². The lowest BCUT2D eigenvalue weighted by Gasteiger charge is -2.29. The van der Waals surface area contributed by atoms with Crippen molar-refractivity contribution >= 4 is 46.6 Å². The van der Waals surface area contributed by atoms with E-state index in [1.54, 1.807) is 37.3 Å². The molecule has 0 radical (unpaired) electrons. The van der Waals surface area contributed by atoms with Gasteiger partial charge in [-0.15, -0.1) is 0 Å². The van der Waals surface area contributed by atoms with Gasteiger partial charge in [0.15, 0.2) is 0 Å². The molecule has 7 heteroatoms. The zero-order chi connectivity index (χ0) is 20.7. The van der Waals surface area contributed by atoms with E-state index in [1.807, 2.05) is 19.1 Å². The highest BCUT2D eigenvalue weighted by Crippen LogP contribution is 2.24. The molecule has 0 saturated heterocycles. The molecule has 0 saturated carbocycles. The highest BCUT2D eigenvalue weighted by Gasteiger charge is 2.27. The van der Waals surface area contributed by atoms with E-state index >= 15 is 0 Å². The van der Waals surface area contributed by atoms with Gasteiger partial charge in [-0.25, -0.2) is 0 Å². The predicted molar refractivity (Wildman–Crippen MR) is 115 cm³/mol. The Hall–Kier alpha value is -1.75. The number of benzene rings is 2. The molecule has 2 aromatic carbocycles. The van der Waals surface area contributed by atoms with Crippen LogP contribution < -0.4 is 5.32 Å². The van der Waals surface area contributed by atoms with Crippen LogP contribution in [0.2, 0.25) is 15.1 Å². The van der Waals surface area contributed by atoms with Crippen molar-refractivity contribution in [3.8, 4) is 0 Å². The van der Waals surface area contributed by atoms with Crippen molar-refractivity contribution in [2.45, 2.75) is 39.3 Å². The Labute approximate surface area is 180 Å². The maximum atomic E-state index is 13.1. The summed E-state index contributed by atoms with van der Waals surface area (Å²) in [7, 11) is 0. The van der Waals surface area contributed by atoms with E-state index in [-0.39, 0.29) is 24.8 Å². The molecule has 0 aliphatic rings. The third-order valence-corrected chi connectivity index (χ3v) is 5.33. The lowest BCUT2D eigenvalue weighted by molar-refractivity contribution is -0.140. The predicted octanol–water partition coefficient (Wildman–Crippen LogP) is 5.13. The first-order chi connectivity index (χ1) is 13.3. The van der Waals surface area contributed by atoms with E-state index in [2.05, 4.69) is 5.32 Å². The summed E-state index contributed by atoms with van der Waals surface area (Å²) in [6.07, 6.45) is 0.908. The molecule has 150 valence electrons. The quantitative estimate of drug-likeness (QED) is 0.617. The summed E-state index contributed by atoms with van der Waals surface area (Å²) in [6, 6.07) is 11.6. The van der Waals surface area contributed by atoms with Crippen molar-refractivity contribution in [2.75, 3.05) is 6.54 Å². The fourth-order valence-electron chi connectivity index (χ4n) is 2.72. The molecule has 0 aliphatic carbocycles. The zero-order valence-corrected chi connectivity index (χ0v) is 18.1. The number of carbonyl (C=O) groups is 2. The van der Waals surface area contributed by atoms with Crippen LogP contribution in [0.4, 0.5) is 0 Å². The molecule has 2 rings (SSSR count). The Morgan fingerprint density at radius 2 is 1.75 bits per heavy atom. The van der Waals surface area contributed by atoms with Crippen LogP contribution in [0.15, 0.2) is 42.5 Å². The first kappa shape index (κ1) is 22.5. The standard InChI is InChI=1S/C21H23Cl3N2O2/c1-3-10-25-21(28)14(2)26(13-16-8-9-17(22)12-19(16)24)20(27)11-15-6-4-5-7-18(15)23/h4-9,12,14H,3,10-11,13H2,1-2H3,(H,25,28)/t14-/m1/s1. The van der Waals surface area contributed by atoms with Crippen LogP contribution in [0.1, 0.15) is 31.4 Å². The molecule has 0 bridgehead atoms. The Balaban J connectivity index is 2.27. The molecule has 0 aliphatic heterocycles. The number of halogens is 3. The lowest BCUT2D eigenvalue weighted by Crippen LogP contribution is -2.48. The van der Waals surface area contributed by atoms with E-state index in [0.717, 1.165) is 6.42 Å². The molecule has 1 atom stereocenters. The smallest absolute Gasteiger partial charge is 0.242 e. The average molecular weight is 442 g/mol. The third kappa shape index (κ3) is 6.13. The van der Waals surface area contributed by atoms with Gasteiger partial charge in [0, 0.05) is 28.2 Å². The summed E-state index contributed by atoms with van der Waals surface area (Å²) in [6.45, 7) is 4.43. The first-order valence-corrected chi connectivity index (χ1v) is 10.2. The van der Waals surface area contributed by atoms with Gasteiger partial charge >= 0.3 is 0 Å². The summed E-state index contributed by atoms with van der Waals surface area (Å²) >= 11 is 18.5. The van der Waals surface area contributed by atoms with E-state index in [9.17, 15) is 9.59 Å². The number of hydrogen-bond acceptors (Lipinski definition) is 2. The second-order valence-corrected chi connectivity index (χ2v) is 7.74. The number of hydrogen-bond donors (Lipinski definition) is 1. The van der Waals surface area contributed by atoms with Crippen LogP contribution in [0.5, 0.6) is 0 Å². The van der Waals surface area contributed by atoms with Crippen LogP contribution in [0.3, 0.4) is 0 Å². The molecule has 4 nitrogen and oxygen atoms in total. The van der Waals surface area contributed by atoms with Gasteiger partial charge in [0.1, 0.15) is 6.04 Å². The minimum absolute atomic E-state index is 0.0935. The highest BCUT2D eigenvalue weighted by molar-refractivity contribution is 6.35. The normalized spacial score (nSPS) is 11.8. The van der Waals surface area contributed by atoms with Crippen LogP contribution in [-0.2, 0) is 22.6 Å². The minimum Gasteiger partial charge on any atom is -0.354 e. The number of rotatable bonds is 8. The van der Waals surface area contributed by atoms with Crippen molar-refractivity contribution < 1.29 is 9.59 Å². The summed E-state index contributed by atoms with van der Waals surface area (Å²) in [5, 5.41) is 4.32. The fraction of sp³-hybridized carbons (Fsp3) is 0.333. The monoisotopic (exact) mass is 440 g/mol. The maximum Gasteiger partial charge on any atom is 0.242 e. The van der Waals surface area contributed by atoms with Gasteiger partial charge in [-0.05, 0) is 42.7 Å². The minimum atomic E-state index is -0.659. The van der Waals surface area contributed by atoms with E-state index in [1.165, 1.54) is 4.90 Å². The Morgan fingerprint density at radius 3 is 2.39 bits per heavy atom. The number of amides is 2. The molecule has 0 heterocycles. The van der Waals surface area contributed by atoms with Crippen molar-refractivity contribution in [1.29, 1.82) is 0 Å².